The van der Waals surface area contributed by atoms with Crippen molar-refractivity contribution in [3.63, 3.8) is 0 Å². The molecule has 1 N–H and O–H groups in total. The molecule has 0 heterocycles. The maximum absolute atomic E-state index is 10.5. The van der Waals surface area contributed by atoms with E-state index in [4.69, 9.17) is 4.74 Å². The number of hydrogen-bond acceptors (Lipinski definition) is 2. The molecule has 19 heavy (non-hydrogen) atoms. The van der Waals surface area contributed by atoms with Gasteiger partial charge in [0.15, 0.2) is 0 Å². The molecule has 2 nitrogen and oxygen atoms in total. The Morgan fingerprint density at radius 3 is 2.84 bits per heavy atom. The highest BCUT2D eigenvalue weighted by atomic mass is 79.9. The lowest BCUT2D eigenvalue weighted by Gasteiger charge is -2.19. The molecule has 0 amide bonds. The van der Waals surface area contributed by atoms with Crippen molar-refractivity contribution in [3.8, 4) is 5.75 Å². The highest BCUT2D eigenvalue weighted by molar-refractivity contribution is 9.10. The summed E-state index contributed by atoms with van der Waals surface area (Å²) in [5, 5.41) is 10.5. The molecule has 0 saturated heterocycles. The minimum absolute atomic E-state index is 0.250. The first kappa shape index (κ1) is 14.9. The predicted molar refractivity (Wildman–Crippen MR) is 81.5 cm³/mol. The van der Waals surface area contributed by atoms with E-state index in [-0.39, 0.29) is 6.10 Å². The molecule has 0 bridgehead atoms. The number of aliphatic hydroxyl groups excluding tert-OH is 1. The number of aliphatic hydroxyl groups is 1. The Bertz CT molecular complexity index is 419. The molecule has 3 heteroatoms. The highest BCUT2D eigenvalue weighted by Crippen LogP contribution is 2.36. The molecule has 1 fully saturated rings. The van der Waals surface area contributed by atoms with Gasteiger partial charge >= 0.3 is 0 Å². The molecule has 1 saturated carbocycles. The van der Waals surface area contributed by atoms with E-state index in [0.717, 1.165) is 28.1 Å². The smallest absolute Gasteiger partial charge is 0.122 e. The topological polar surface area (TPSA) is 29.5 Å². The normalized spacial score (nSPS) is 24.4. The van der Waals surface area contributed by atoms with Crippen molar-refractivity contribution in [3.05, 3.63) is 28.2 Å². The van der Waals surface area contributed by atoms with Crippen molar-refractivity contribution in [1.29, 1.82) is 0 Å². The maximum atomic E-state index is 10.5. The lowest BCUT2D eigenvalue weighted by molar-refractivity contribution is 0.108. The van der Waals surface area contributed by atoms with Crippen LogP contribution in [-0.4, -0.2) is 18.3 Å². The first-order valence-corrected chi connectivity index (χ1v) is 7.93. The molecule has 1 aliphatic rings. The Labute approximate surface area is 124 Å². The average molecular weight is 327 g/mol. The van der Waals surface area contributed by atoms with Gasteiger partial charge in [-0.2, -0.15) is 0 Å². The van der Waals surface area contributed by atoms with Crippen LogP contribution in [0.2, 0.25) is 0 Å². The summed E-state index contributed by atoms with van der Waals surface area (Å²) < 4.78 is 6.41. The Hall–Kier alpha value is -0.540. The van der Waals surface area contributed by atoms with Crippen molar-refractivity contribution in [2.45, 2.75) is 45.1 Å². The number of methoxy groups -OCH3 is 1. The van der Waals surface area contributed by atoms with E-state index in [9.17, 15) is 5.11 Å². The third-order valence-electron chi connectivity index (χ3n) is 4.37. The van der Waals surface area contributed by atoms with Crippen molar-refractivity contribution in [1.82, 2.24) is 0 Å². The van der Waals surface area contributed by atoms with E-state index in [0.29, 0.717) is 12.3 Å². The number of halogens is 1. The first-order chi connectivity index (χ1) is 9.13. The minimum Gasteiger partial charge on any atom is -0.496 e. The largest absolute Gasteiger partial charge is 0.496 e. The Balaban J connectivity index is 2.02. The highest BCUT2D eigenvalue weighted by Gasteiger charge is 2.29. The van der Waals surface area contributed by atoms with Crippen molar-refractivity contribution in [2.24, 2.45) is 11.8 Å². The summed E-state index contributed by atoms with van der Waals surface area (Å²) in [6.45, 7) is 2.25. The van der Waals surface area contributed by atoms with Crippen LogP contribution in [-0.2, 0) is 6.42 Å². The SMILES string of the molecule is CCC1CCC(C(O)Cc2cc(Br)ccc2OC)C1. The van der Waals surface area contributed by atoms with Gasteiger partial charge in [0, 0.05) is 10.9 Å². The lowest BCUT2D eigenvalue weighted by Crippen LogP contribution is -2.21. The summed E-state index contributed by atoms with van der Waals surface area (Å²) in [5.41, 5.74) is 1.09. The lowest BCUT2D eigenvalue weighted by atomic mass is 9.93. The Morgan fingerprint density at radius 1 is 1.42 bits per heavy atom. The Kier molecular flexibility index (Phi) is 5.28. The van der Waals surface area contributed by atoms with Crippen LogP contribution in [0.4, 0.5) is 0 Å². The number of benzene rings is 1. The van der Waals surface area contributed by atoms with Crippen LogP contribution in [0.5, 0.6) is 5.75 Å². The summed E-state index contributed by atoms with van der Waals surface area (Å²) in [5.74, 6) is 2.13. The first-order valence-electron chi connectivity index (χ1n) is 7.14. The van der Waals surface area contributed by atoms with Gasteiger partial charge in [-0.25, -0.2) is 0 Å². The summed E-state index contributed by atoms with van der Waals surface area (Å²) in [7, 11) is 1.68. The van der Waals surface area contributed by atoms with Gasteiger partial charge < -0.3 is 9.84 Å². The second-order valence-corrected chi connectivity index (χ2v) is 6.49. The van der Waals surface area contributed by atoms with Crippen LogP contribution in [0, 0.1) is 11.8 Å². The van der Waals surface area contributed by atoms with Gasteiger partial charge in [0.1, 0.15) is 5.75 Å². The van der Waals surface area contributed by atoms with E-state index in [2.05, 4.69) is 22.9 Å². The number of rotatable bonds is 5. The third-order valence-corrected chi connectivity index (χ3v) is 4.87. The van der Waals surface area contributed by atoms with Crippen LogP contribution in [0.15, 0.2) is 22.7 Å². The molecular weight excluding hydrogens is 304 g/mol. The summed E-state index contributed by atoms with van der Waals surface area (Å²) in [4.78, 5) is 0. The zero-order chi connectivity index (χ0) is 13.8. The third kappa shape index (κ3) is 3.73. The molecule has 3 unspecified atom stereocenters. The molecule has 3 atom stereocenters. The number of hydrogen-bond donors (Lipinski definition) is 1. The summed E-state index contributed by atoms with van der Waals surface area (Å²) >= 11 is 3.48. The molecule has 1 aromatic rings. The average Bonchev–Trinajstić information content (AvgIpc) is 2.88. The van der Waals surface area contributed by atoms with Crippen LogP contribution in [0.3, 0.4) is 0 Å². The zero-order valence-electron chi connectivity index (χ0n) is 11.7. The van der Waals surface area contributed by atoms with Gasteiger partial charge in [0.05, 0.1) is 13.2 Å². The van der Waals surface area contributed by atoms with Crippen LogP contribution < -0.4 is 4.74 Å². The summed E-state index contributed by atoms with van der Waals surface area (Å²) in [6, 6.07) is 5.97. The van der Waals surface area contributed by atoms with Gasteiger partial charge in [-0.15, -0.1) is 0 Å². The molecular formula is C16H23BrO2. The Morgan fingerprint density at radius 2 is 2.21 bits per heavy atom. The molecule has 106 valence electrons. The second kappa shape index (κ2) is 6.76. The fraction of sp³-hybridized carbons (Fsp3) is 0.625. The molecule has 2 rings (SSSR count). The summed E-state index contributed by atoms with van der Waals surface area (Å²) in [6.07, 6.45) is 5.28. The quantitative estimate of drug-likeness (QED) is 0.879. The second-order valence-electron chi connectivity index (χ2n) is 5.58. The van der Waals surface area contributed by atoms with Gasteiger partial charge in [-0.3, -0.25) is 0 Å². The van der Waals surface area contributed by atoms with Crippen LogP contribution in [0.1, 0.15) is 38.2 Å². The van der Waals surface area contributed by atoms with Gasteiger partial charge in [-0.1, -0.05) is 35.7 Å². The predicted octanol–water partition coefficient (Wildman–Crippen LogP) is 4.19. The minimum atomic E-state index is -0.250. The fourth-order valence-corrected chi connectivity index (χ4v) is 3.54. The molecule has 1 aromatic carbocycles. The van der Waals surface area contributed by atoms with Gasteiger partial charge in [0.2, 0.25) is 0 Å². The van der Waals surface area contributed by atoms with E-state index in [1.54, 1.807) is 7.11 Å². The molecule has 0 aromatic heterocycles. The van der Waals surface area contributed by atoms with Gasteiger partial charge in [0.25, 0.3) is 0 Å². The van der Waals surface area contributed by atoms with E-state index in [1.807, 2.05) is 18.2 Å². The van der Waals surface area contributed by atoms with Crippen LogP contribution in [0.25, 0.3) is 0 Å². The van der Waals surface area contributed by atoms with Crippen molar-refractivity contribution >= 4 is 15.9 Å². The van der Waals surface area contributed by atoms with E-state index < -0.39 is 0 Å². The molecule has 0 radical (unpaired) electrons. The maximum Gasteiger partial charge on any atom is 0.122 e. The van der Waals surface area contributed by atoms with Gasteiger partial charge in [-0.05, 0) is 48.4 Å². The molecule has 0 spiro atoms. The molecule has 1 aliphatic carbocycles. The monoisotopic (exact) mass is 326 g/mol. The zero-order valence-corrected chi connectivity index (χ0v) is 13.3. The van der Waals surface area contributed by atoms with E-state index >= 15 is 0 Å². The van der Waals surface area contributed by atoms with Crippen LogP contribution >= 0.6 is 15.9 Å². The van der Waals surface area contributed by atoms with Crippen molar-refractivity contribution < 1.29 is 9.84 Å². The number of ether oxygens (including phenoxy) is 1. The standard InChI is InChI=1S/C16H23BrO2/c1-3-11-4-5-12(8-11)15(18)10-13-9-14(17)6-7-16(13)19-2/h6-7,9,11-12,15,18H,3-5,8,10H2,1-2H3. The van der Waals surface area contributed by atoms with Crippen molar-refractivity contribution in [2.75, 3.05) is 7.11 Å². The fourth-order valence-electron chi connectivity index (χ4n) is 3.13. The molecule has 0 aliphatic heterocycles. The van der Waals surface area contributed by atoms with E-state index in [1.165, 1.54) is 19.3 Å².